The second-order valence-electron chi connectivity index (χ2n) is 5.25. The highest BCUT2D eigenvalue weighted by Crippen LogP contribution is 2.19. The van der Waals surface area contributed by atoms with Crippen LogP contribution < -0.4 is 0 Å². The van der Waals surface area contributed by atoms with Gasteiger partial charge in [0, 0.05) is 11.3 Å². The molecule has 1 nitrogen and oxygen atoms in total. The van der Waals surface area contributed by atoms with Crippen molar-refractivity contribution in [1.82, 2.24) is 0 Å². The first-order valence-corrected chi connectivity index (χ1v) is 8.97. The Morgan fingerprint density at radius 3 is 1.90 bits per heavy atom. The molecule has 0 fully saturated rings. The number of benzene rings is 1. The summed E-state index contributed by atoms with van der Waals surface area (Å²) >= 11 is 1.97. The van der Waals surface area contributed by atoms with Gasteiger partial charge < -0.3 is 0 Å². The molecule has 0 atom stereocenters. The lowest BCUT2D eigenvalue weighted by Crippen LogP contribution is -1.84. The Morgan fingerprint density at radius 2 is 1.30 bits per heavy atom. The van der Waals surface area contributed by atoms with E-state index in [0.717, 1.165) is 12.8 Å². The lowest BCUT2D eigenvalue weighted by Gasteiger charge is -2.03. The summed E-state index contributed by atoms with van der Waals surface area (Å²) in [6, 6.07) is 12.9. The van der Waals surface area contributed by atoms with Gasteiger partial charge in [0.15, 0.2) is 0 Å². The van der Waals surface area contributed by atoms with Crippen molar-refractivity contribution in [2.24, 2.45) is 0 Å². The molecule has 0 amide bonds. The molecule has 20 heavy (non-hydrogen) atoms. The first kappa shape index (κ1) is 17.1. The zero-order valence-corrected chi connectivity index (χ0v) is 13.3. The van der Waals surface area contributed by atoms with Gasteiger partial charge in [-0.3, -0.25) is 0 Å². The quantitative estimate of drug-likeness (QED) is 0.338. The summed E-state index contributed by atoms with van der Waals surface area (Å²) < 4.78 is 0. The van der Waals surface area contributed by atoms with Crippen LogP contribution in [0.4, 0.5) is 0 Å². The Labute approximate surface area is 128 Å². The fraction of sp³-hybridized carbons (Fsp3) is 0.611. The molecule has 0 radical (unpaired) electrons. The third-order valence-electron chi connectivity index (χ3n) is 3.44. The molecule has 0 saturated carbocycles. The lowest BCUT2D eigenvalue weighted by molar-refractivity contribution is 0.568. The Hall–Kier alpha value is -0.940. The third kappa shape index (κ3) is 9.92. The van der Waals surface area contributed by atoms with E-state index < -0.39 is 0 Å². The Morgan fingerprint density at radius 1 is 0.750 bits per heavy atom. The zero-order chi connectivity index (χ0) is 14.3. The van der Waals surface area contributed by atoms with Crippen LogP contribution in [0.25, 0.3) is 0 Å². The maximum Gasteiger partial charge on any atom is 0.0621 e. The summed E-state index contributed by atoms with van der Waals surface area (Å²) in [5, 5.41) is 8.43. The highest BCUT2D eigenvalue weighted by atomic mass is 32.2. The lowest BCUT2D eigenvalue weighted by atomic mass is 10.1. The molecule has 0 unspecified atom stereocenters. The number of nitrogens with zero attached hydrogens (tertiary/aromatic N) is 1. The van der Waals surface area contributed by atoms with Crippen LogP contribution >= 0.6 is 11.8 Å². The summed E-state index contributed by atoms with van der Waals surface area (Å²) in [6.07, 6.45) is 12.6. The summed E-state index contributed by atoms with van der Waals surface area (Å²) in [7, 11) is 0. The van der Waals surface area contributed by atoms with Gasteiger partial charge in [0.25, 0.3) is 0 Å². The van der Waals surface area contributed by atoms with Crippen LogP contribution in [0.5, 0.6) is 0 Å². The molecule has 0 N–H and O–H groups in total. The normalized spacial score (nSPS) is 10.3. The van der Waals surface area contributed by atoms with Crippen LogP contribution in [0.1, 0.15) is 64.2 Å². The number of rotatable bonds is 12. The van der Waals surface area contributed by atoms with E-state index in [2.05, 4.69) is 36.4 Å². The van der Waals surface area contributed by atoms with Crippen LogP contribution in [0.3, 0.4) is 0 Å². The number of hydrogen-bond acceptors (Lipinski definition) is 2. The van der Waals surface area contributed by atoms with Crippen molar-refractivity contribution in [3.8, 4) is 6.07 Å². The SMILES string of the molecule is N#CCCCCCCCCCCCSc1ccccc1. The van der Waals surface area contributed by atoms with Crippen molar-refractivity contribution in [3.63, 3.8) is 0 Å². The molecule has 0 spiro atoms. The summed E-state index contributed by atoms with van der Waals surface area (Å²) in [5.74, 6) is 1.25. The second kappa shape index (κ2) is 13.1. The molecular formula is C18H27NS. The van der Waals surface area contributed by atoms with E-state index in [-0.39, 0.29) is 0 Å². The van der Waals surface area contributed by atoms with Crippen molar-refractivity contribution in [1.29, 1.82) is 5.26 Å². The number of hydrogen-bond donors (Lipinski definition) is 0. The highest BCUT2D eigenvalue weighted by molar-refractivity contribution is 7.99. The van der Waals surface area contributed by atoms with E-state index in [1.807, 2.05) is 11.8 Å². The molecule has 0 aromatic heterocycles. The second-order valence-corrected chi connectivity index (χ2v) is 6.42. The van der Waals surface area contributed by atoms with E-state index in [9.17, 15) is 0 Å². The molecule has 0 bridgehead atoms. The minimum absolute atomic E-state index is 0.735. The van der Waals surface area contributed by atoms with Crippen LogP contribution in [-0.2, 0) is 0 Å². The van der Waals surface area contributed by atoms with Crippen molar-refractivity contribution in [2.45, 2.75) is 69.1 Å². The smallest absolute Gasteiger partial charge is 0.0621 e. The fourth-order valence-electron chi connectivity index (χ4n) is 2.25. The fourth-order valence-corrected chi connectivity index (χ4v) is 3.18. The molecule has 110 valence electrons. The maximum absolute atomic E-state index is 8.43. The largest absolute Gasteiger partial charge is 0.198 e. The molecule has 1 aromatic carbocycles. The average molecular weight is 289 g/mol. The van der Waals surface area contributed by atoms with Crippen molar-refractivity contribution >= 4 is 11.8 Å². The number of unbranched alkanes of at least 4 members (excludes halogenated alkanes) is 9. The van der Waals surface area contributed by atoms with E-state index >= 15 is 0 Å². The predicted octanol–water partition coefficient (Wildman–Crippen LogP) is 6.20. The molecule has 0 heterocycles. The van der Waals surface area contributed by atoms with Gasteiger partial charge in [-0.05, 0) is 30.7 Å². The Balaban J connectivity index is 1.78. The van der Waals surface area contributed by atoms with Gasteiger partial charge in [-0.25, -0.2) is 0 Å². The first-order valence-electron chi connectivity index (χ1n) is 7.98. The van der Waals surface area contributed by atoms with E-state index in [1.54, 1.807) is 0 Å². The van der Waals surface area contributed by atoms with E-state index in [4.69, 9.17) is 5.26 Å². The molecule has 2 heteroatoms. The van der Waals surface area contributed by atoms with Gasteiger partial charge >= 0.3 is 0 Å². The summed E-state index contributed by atoms with van der Waals surface area (Å²) in [4.78, 5) is 1.39. The van der Waals surface area contributed by atoms with Gasteiger partial charge in [-0.2, -0.15) is 5.26 Å². The maximum atomic E-state index is 8.43. The van der Waals surface area contributed by atoms with Gasteiger partial charge in [0.1, 0.15) is 0 Å². The molecule has 0 aliphatic heterocycles. The number of nitriles is 1. The van der Waals surface area contributed by atoms with E-state index in [0.29, 0.717) is 0 Å². The Bertz CT molecular complexity index is 355. The van der Waals surface area contributed by atoms with Gasteiger partial charge in [-0.15, -0.1) is 11.8 Å². The predicted molar refractivity (Wildman–Crippen MR) is 88.9 cm³/mol. The zero-order valence-electron chi connectivity index (χ0n) is 12.5. The van der Waals surface area contributed by atoms with Crippen molar-refractivity contribution in [3.05, 3.63) is 30.3 Å². The third-order valence-corrected chi connectivity index (χ3v) is 4.54. The minimum atomic E-state index is 0.735. The molecule has 0 aliphatic rings. The van der Waals surface area contributed by atoms with Crippen molar-refractivity contribution in [2.75, 3.05) is 5.75 Å². The molecule has 0 aliphatic carbocycles. The Kier molecular flexibility index (Phi) is 11.2. The summed E-state index contributed by atoms with van der Waals surface area (Å²) in [5.41, 5.74) is 0. The van der Waals surface area contributed by atoms with Crippen LogP contribution in [0, 0.1) is 11.3 Å². The topological polar surface area (TPSA) is 23.8 Å². The average Bonchev–Trinajstić information content (AvgIpc) is 2.49. The van der Waals surface area contributed by atoms with Gasteiger partial charge in [-0.1, -0.05) is 63.1 Å². The standard InChI is InChI=1S/C18H27NS/c19-16-12-7-5-3-1-2-4-6-8-13-17-20-18-14-10-9-11-15-18/h9-11,14-15H,1-8,12-13,17H2. The summed E-state index contributed by atoms with van der Waals surface area (Å²) in [6.45, 7) is 0. The highest BCUT2D eigenvalue weighted by Gasteiger charge is 1.95. The van der Waals surface area contributed by atoms with Crippen LogP contribution in [-0.4, -0.2) is 5.75 Å². The number of thioether (sulfide) groups is 1. The van der Waals surface area contributed by atoms with Gasteiger partial charge in [0.2, 0.25) is 0 Å². The molecule has 1 aromatic rings. The van der Waals surface area contributed by atoms with Crippen molar-refractivity contribution < 1.29 is 0 Å². The van der Waals surface area contributed by atoms with E-state index in [1.165, 1.54) is 62.0 Å². The monoisotopic (exact) mass is 289 g/mol. The molecule has 1 rings (SSSR count). The molecule has 0 saturated heterocycles. The minimum Gasteiger partial charge on any atom is -0.198 e. The first-order chi connectivity index (χ1) is 9.93. The van der Waals surface area contributed by atoms with Gasteiger partial charge in [0.05, 0.1) is 6.07 Å². The van der Waals surface area contributed by atoms with Crippen LogP contribution in [0.2, 0.25) is 0 Å². The molecular weight excluding hydrogens is 262 g/mol. The van der Waals surface area contributed by atoms with Crippen LogP contribution in [0.15, 0.2) is 35.2 Å².